The van der Waals surface area contributed by atoms with Crippen molar-refractivity contribution in [2.75, 3.05) is 11.9 Å². The van der Waals surface area contributed by atoms with Gasteiger partial charge in [0.25, 0.3) is 0 Å². The SMILES string of the molecule is O[C@H](CCNc1ccccc1)c1ccc(Cl)cc1. The molecule has 0 bridgehead atoms. The third-order valence-corrected chi connectivity index (χ3v) is 3.03. The predicted octanol–water partition coefficient (Wildman–Crippen LogP) is 3.88. The molecule has 2 nitrogen and oxygen atoms in total. The molecular formula is C15H16ClNO. The van der Waals surface area contributed by atoms with Gasteiger partial charge in [0.05, 0.1) is 6.10 Å². The number of hydrogen-bond acceptors (Lipinski definition) is 2. The lowest BCUT2D eigenvalue weighted by molar-refractivity contribution is 0.171. The molecule has 0 amide bonds. The second-order valence-electron chi connectivity index (χ2n) is 4.15. The second-order valence-corrected chi connectivity index (χ2v) is 4.59. The summed E-state index contributed by atoms with van der Waals surface area (Å²) in [5.41, 5.74) is 1.97. The van der Waals surface area contributed by atoms with E-state index in [1.54, 1.807) is 12.1 Å². The van der Waals surface area contributed by atoms with Crippen molar-refractivity contribution in [1.29, 1.82) is 0 Å². The third-order valence-electron chi connectivity index (χ3n) is 2.78. The second kappa shape index (κ2) is 6.43. The Morgan fingerprint density at radius 1 is 1.00 bits per heavy atom. The minimum absolute atomic E-state index is 0.460. The molecule has 0 aliphatic rings. The standard InChI is InChI=1S/C15H16ClNO/c16-13-8-6-12(7-9-13)15(18)10-11-17-14-4-2-1-3-5-14/h1-9,15,17-18H,10-11H2/t15-/m1/s1. The summed E-state index contributed by atoms with van der Waals surface area (Å²) in [5, 5.41) is 14.0. The minimum atomic E-state index is -0.460. The van der Waals surface area contributed by atoms with Crippen molar-refractivity contribution in [3.05, 3.63) is 65.2 Å². The van der Waals surface area contributed by atoms with Crippen LogP contribution in [0.5, 0.6) is 0 Å². The van der Waals surface area contributed by atoms with Gasteiger partial charge in [-0.1, -0.05) is 41.9 Å². The summed E-state index contributed by atoms with van der Waals surface area (Å²) in [7, 11) is 0. The zero-order valence-corrected chi connectivity index (χ0v) is 10.8. The average molecular weight is 262 g/mol. The maximum absolute atomic E-state index is 10.0. The van der Waals surface area contributed by atoms with Crippen LogP contribution in [0, 0.1) is 0 Å². The molecule has 0 aliphatic carbocycles. The van der Waals surface area contributed by atoms with Crippen molar-refractivity contribution in [2.45, 2.75) is 12.5 Å². The van der Waals surface area contributed by atoms with E-state index in [4.69, 9.17) is 11.6 Å². The summed E-state index contributed by atoms with van der Waals surface area (Å²) in [4.78, 5) is 0. The number of rotatable bonds is 5. The Labute approximate surface area is 112 Å². The normalized spacial score (nSPS) is 12.1. The molecular weight excluding hydrogens is 246 g/mol. The molecule has 0 saturated heterocycles. The van der Waals surface area contributed by atoms with E-state index in [1.165, 1.54) is 0 Å². The molecule has 2 rings (SSSR count). The van der Waals surface area contributed by atoms with Crippen molar-refractivity contribution >= 4 is 17.3 Å². The van der Waals surface area contributed by atoms with Gasteiger partial charge in [-0.15, -0.1) is 0 Å². The van der Waals surface area contributed by atoms with Gasteiger partial charge in [-0.2, -0.15) is 0 Å². The molecule has 2 aromatic rings. The highest BCUT2D eigenvalue weighted by molar-refractivity contribution is 6.30. The Bertz CT molecular complexity index is 470. The molecule has 1 atom stereocenters. The van der Waals surface area contributed by atoms with E-state index in [1.807, 2.05) is 42.5 Å². The number of para-hydroxylation sites is 1. The van der Waals surface area contributed by atoms with E-state index in [-0.39, 0.29) is 0 Å². The van der Waals surface area contributed by atoms with Gasteiger partial charge in [-0.3, -0.25) is 0 Å². The summed E-state index contributed by atoms with van der Waals surface area (Å²) in [6.45, 7) is 0.730. The lowest BCUT2D eigenvalue weighted by Crippen LogP contribution is -2.07. The van der Waals surface area contributed by atoms with Crippen LogP contribution in [0.1, 0.15) is 18.1 Å². The molecule has 3 heteroatoms. The summed E-state index contributed by atoms with van der Waals surface area (Å²) < 4.78 is 0. The van der Waals surface area contributed by atoms with E-state index in [9.17, 15) is 5.11 Å². The van der Waals surface area contributed by atoms with Crippen LogP contribution in [-0.4, -0.2) is 11.7 Å². The smallest absolute Gasteiger partial charge is 0.0806 e. The number of benzene rings is 2. The quantitative estimate of drug-likeness (QED) is 0.856. The Morgan fingerprint density at radius 2 is 1.67 bits per heavy atom. The fraction of sp³-hybridized carbons (Fsp3) is 0.200. The van der Waals surface area contributed by atoms with Crippen LogP contribution in [-0.2, 0) is 0 Å². The number of anilines is 1. The van der Waals surface area contributed by atoms with Crippen molar-refractivity contribution in [2.24, 2.45) is 0 Å². The maximum Gasteiger partial charge on any atom is 0.0806 e. The number of hydrogen-bond donors (Lipinski definition) is 2. The molecule has 0 fully saturated rings. The fourth-order valence-corrected chi connectivity index (χ4v) is 1.89. The Kier molecular flexibility index (Phi) is 4.62. The van der Waals surface area contributed by atoms with Crippen LogP contribution in [0.25, 0.3) is 0 Å². The molecule has 0 heterocycles. The molecule has 2 aromatic carbocycles. The minimum Gasteiger partial charge on any atom is -0.388 e. The molecule has 94 valence electrons. The van der Waals surface area contributed by atoms with Crippen molar-refractivity contribution in [3.63, 3.8) is 0 Å². The van der Waals surface area contributed by atoms with Crippen LogP contribution >= 0.6 is 11.6 Å². The van der Waals surface area contributed by atoms with Gasteiger partial charge in [-0.05, 0) is 36.2 Å². The molecule has 0 radical (unpaired) electrons. The molecule has 0 spiro atoms. The van der Waals surface area contributed by atoms with Gasteiger partial charge in [0.15, 0.2) is 0 Å². The fourth-order valence-electron chi connectivity index (χ4n) is 1.76. The first-order valence-electron chi connectivity index (χ1n) is 5.98. The van der Waals surface area contributed by atoms with Crippen molar-refractivity contribution < 1.29 is 5.11 Å². The van der Waals surface area contributed by atoms with Gasteiger partial charge < -0.3 is 10.4 Å². The summed E-state index contributed by atoms with van der Waals surface area (Å²) in [5.74, 6) is 0. The summed E-state index contributed by atoms with van der Waals surface area (Å²) in [6.07, 6.45) is 0.203. The predicted molar refractivity (Wildman–Crippen MR) is 76.0 cm³/mol. The maximum atomic E-state index is 10.0. The Hall–Kier alpha value is -1.51. The molecule has 18 heavy (non-hydrogen) atoms. The molecule has 2 N–H and O–H groups in total. The van der Waals surface area contributed by atoms with Gasteiger partial charge in [0, 0.05) is 17.3 Å². The third kappa shape index (κ3) is 3.76. The van der Waals surface area contributed by atoms with Gasteiger partial charge >= 0.3 is 0 Å². The molecule has 0 saturated carbocycles. The van der Waals surface area contributed by atoms with Crippen molar-refractivity contribution in [3.8, 4) is 0 Å². The average Bonchev–Trinajstić information content (AvgIpc) is 2.40. The van der Waals surface area contributed by atoms with Crippen LogP contribution in [0.15, 0.2) is 54.6 Å². The zero-order chi connectivity index (χ0) is 12.8. The van der Waals surface area contributed by atoms with E-state index in [0.717, 1.165) is 17.8 Å². The number of nitrogens with one attached hydrogen (secondary N) is 1. The lowest BCUT2D eigenvalue weighted by Gasteiger charge is -2.12. The summed E-state index contributed by atoms with van der Waals surface area (Å²) >= 11 is 5.81. The van der Waals surface area contributed by atoms with E-state index < -0.39 is 6.10 Å². The Morgan fingerprint density at radius 3 is 2.33 bits per heavy atom. The van der Waals surface area contributed by atoms with Gasteiger partial charge in [0.2, 0.25) is 0 Å². The molecule has 0 aliphatic heterocycles. The first-order valence-corrected chi connectivity index (χ1v) is 6.36. The number of aliphatic hydroxyl groups excluding tert-OH is 1. The van der Waals surface area contributed by atoms with Crippen LogP contribution in [0.4, 0.5) is 5.69 Å². The van der Waals surface area contributed by atoms with E-state index in [2.05, 4.69) is 5.32 Å². The van der Waals surface area contributed by atoms with E-state index in [0.29, 0.717) is 11.4 Å². The largest absolute Gasteiger partial charge is 0.388 e. The van der Waals surface area contributed by atoms with Gasteiger partial charge in [0.1, 0.15) is 0 Å². The molecule has 0 aromatic heterocycles. The lowest BCUT2D eigenvalue weighted by atomic mass is 10.1. The van der Waals surface area contributed by atoms with Crippen LogP contribution in [0.3, 0.4) is 0 Å². The Balaban J connectivity index is 1.81. The topological polar surface area (TPSA) is 32.3 Å². The number of aliphatic hydroxyl groups is 1. The van der Waals surface area contributed by atoms with Crippen LogP contribution < -0.4 is 5.32 Å². The highest BCUT2D eigenvalue weighted by Crippen LogP contribution is 2.19. The number of halogens is 1. The monoisotopic (exact) mass is 261 g/mol. The molecule has 0 unspecified atom stereocenters. The zero-order valence-electron chi connectivity index (χ0n) is 10.0. The highest BCUT2D eigenvalue weighted by Gasteiger charge is 2.06. The van der Waals surface area contributed by atoms with Crippen molar-refractivity contribution in [1.82, 2.24) is 0 Å². The highest BCUT2D eigenvalue weighted by atomic mass is 35.5. The first-order chi connectivity index (χ1) is 8.75. The van der Waals surface area contributed by atoms with Gasteiger partial charge in [-0.25, -0.2) is 0 Å². The summed E-state index contributed by atoms with van der Waals surface area (Å²) in [6, 6.07) is 17.3. The first kappa shape index (κ1) is 12.9. The van der Waals surface area contributed by atoms with Crippen LogP contribution in [0.2, 0.25) is 5.02 Å². The van der Waals surface area contributed by atoms with E-state index >= 15 is 0 Å².